The molecule has 0 saturated carbocycles. The first-order valence-corrected chi connectivity index (χ1v) is 6.32. The smallest absolute Gasteiger partial charge is 0.129 e. The molecule has 4 heteroatoms. The fraction of sp³-hybridized carbons (Fsp3) is 0.333. The average Bonchev–Trinajstić information content (AvgIpc) is 2.87. The molecular formula is C15H19NO3. The Morgan fingerprint density at radius 2 is 1.84 bits per heavy atom. The summed E-state index contributed by atoms with van der Waals surface area (Å²) in [7, 11) is 1.65. The van der Waals surface area contributed by atoms with Crippen LogP contribution in [-0.2, 0) is 24.3 Å². The Kier molecular flexibility index (Phi) is 5.01. The summed E-state index contributed by atoms with van der Waals surface area (Å²) < 4.78 is 10.6. The van der Waals surface area contributed by atoms with Crippen molar-refractivity contribution in [2.45, 2.75) is 19.6 Å². The van der Waals surface area contributed by atoms with Gasteiger partial charge in [-0.2, -0.15) is 0 Å². The highest BCUT2D eigenvalue weighted by Gasteiger charge is 2.01. The number of aliphatic hydroxyl groups is 1. The van der Waals surface area contributed by atoms with Crippen molar-refractivity contribution in [3.63, 3.8) is 0 Å². The summed E-state index contributed by atoms with van der Waals surface area (Å²) in [6.45, 7) is 1.32. The van der Waals surface area contributed by atoms with Crippen LogP contribution in [0.2, 0.25) is 0 Å². The van der Waals surface area contributed by atoms with Gasteiger partial charge in [0.15, 0.2) is 0 Å². The number of benzene rings is 1. The molecule has 1 aromatic carbocycles. The Labute approximate surface area is 113 Å². The van der Waals surface area contributed by atoms with E-state index >= 15 is 0 Å². The molecule has 1 heterocycles. The van der Waals surface area contributed by atoms with Gasteiger partial charge in [-0.3, -0.25) is 0 Å². The monoisotopic (exact) mass is 261 g/mol. The second-order valence-electron chi connectivity index (χ2n) is 4.33. The van der Waals surface area contributed by atoms with Crippen molar-refractivity contribution in [3.8, 4) is 0 Å². The molecule has 0 amide bonds. The highest BCUT2D eigenvalue weighted by Crippen LogP contribution is 2.13. The average molecular weight is 261 g/mol. The van der Waals surface area contributed by atoms with Gasteiger partial charge in [0.2, 0.25) is 0 Å². The minimum atomic E-state index is 0.182. The van der Waals surface area contributed by atoms with E-state index in [0.717, 1.165) is 22.8 Å². The van der Waals surface area contributed by atoms with Crippen LogP contribution in [0.3, 0.4) is 0 Å². The highest BCUT2D eigenvalue weighted by atomic mass is 16.5. The van der Waals surface area contributed by atoms with Crippen LogP contribution in [0.5, 0.6) is 0 Å². The predicted molar refractivity (Wildman–Crippen MR) is 74.0 cm³/mol. The van der Waals surface area contributed by atoms with Crippen molar-refractivity contribution in [2.75, 3.05) is 19.0 Å². The van der Waals surface area contributed by atoms with Crippen LogP contribution in [-0.4, -0.2) is 18.8 Å². The third kappa shape index (κ3) is 4.12. The summed E-state index contributed by atoms with van der Waals surface area (Å²) in [6.07, 6.45) is 0.693. The van der Waals surface area contributed by atoms with Gasteiger partial charge < -0.3 is 19.6 Å². The lowest BCUT2D eigenvalue weighted by atomic mass is 10.1. The van der Waals surface area contributed by atoms with Gasteiger partial charge in [0.05, 0.1) is 6.54 Å². The van der Waals surface area contributed by atoms with Crippen LogP contribution in [0.25, 0.3) is 0 Å². The maximum absolute atomic E-state index is 8.85. The highest BCUT2D eigenvalue weighted by molar-refractivity contribution is 5.44. The normalized spacial score (nSPS) is 10.6. The zero-order valence-corrected chi connectivity index (χ0v) is 11.1. The maximum Gasteiger partial charge on any atom is 0.129 e. The SMILES string of the molecule is COCc1ccc(CNc2ccc(CCO)cc2)o1. The number of rotatable bonds is 7. The van der Waals surface area contributed by atoms with E-state index in [1.54, 1.807) is 7.11 Å². The summed E-state index contributed by atoms with van der Waals surface area (Å²) in [6, 6.07) is 11.9. The molecule has 0 spiro atoms. The molecule has 0 aliphatic rings. The fourth-order valence-corrected chi connectivity index (χ4v) is 1.84. The first-order chi connectivity index (χ1) is 9.31. The van der Waals surface area contributed by atoms with E-state index < -0.39 is 0 Å². The number of methoxy groups -OCH3 is 1. The summed E-state index contributed by atoms with van der Waals surface area (Å²) in [5.41, 5.74) is 2.17. The molecule has 2 rings (SSSR count). The van der Waals surface area contributed by atoms with Crippen LogP contribution >= 0.6 is 0 Å². The maximum atomic E-state index is 8.85. The number of ether oxygens (including phenoxy) is 1. The van der Waals surface area contributed by atoms with E-state index in [0.29, 0.717) is 19.6 Å². The third-order valence-corrected chi connectivity index (χ3v) is 2.83. The van der Waals surface area contributed by atoms with Gasteiger partial charge in [-0.1, -0.05) is 12.1 Å². The summed E-state index contributed by atoms with van der Waals surface area (Å²) >= 11 is 0. The topological polar surface area (TPSA) is 54.6 Å². The van der Waals surface area contributed by atoms with Crippen LogP contribution in [0.4, 0.5) is 5.69 Å². The Bertz CT molecular complexity index is 490. The number of aliphatic hydroxyl groups excluding tert-OH is 1. The molecule has 0 fully saturated rings. The molecule has 0 unspecified atom stereocenters. The van der Waals surface area contributed by atoms with E-state index in [2.05, 4.69) is 5.32 Å². The molecule has 19 heavy (non-hydrogen) atoms. The molecule has 4 nitrogen and oxygen atoms in total. The van der Waals surface area contributed by atoms with Crippen molar-refractivity contribution in [2.24, 2.45) is 0 Å². The second-order valence-corrected chi connectivity index (χ2v) is 4.33. The lowest BCUT2D eigenvalue weighted by molar-refractivity contribution is 0.163. The molecule has 0 saturated heterocycles. The van der Waals surface area contributed by atoms with Gasteiger partial charge in [0, 0.05) is 19.4 Å². The Balaban J connectivity index is 1.86. The zero-order valence-electron chi connectivity index (χ0n) is 11.1. The van der Waals surface area contributed by atoms with E-state index in [-0.39, 0.29) is 6.61 Å². The van der Waals surface area contributed by atoms with Crippen molar-refractivity contribution in [1.82, 2.24) is 0 Å². The largest absolute Gasteiger partial charge is 0.462 e. The summed E-state index contributed by atoms with van der Waals surface area (Å²) in [5, 5.41) is 12.1. The molecule has 0 atom stereocenters. The minimum absolute atomic E-state index is 0.182. The van der Waals surface area contributed by atoms with E-state index in [1.165, 1.54) is 0 Å². The molecule has 0 bridgehead atoms. The van der Waals surface area contributed by atoms with Gasteiger partial charge in [-0.25, -0.2) is 0 Å². The first-order valence-electron chi connectivity index (χ1n) is 6.32. The Hall–Kier alpha value is -1.78. The quantitative estimate of drug-likeness (QED) is 0.804. The number of anilines is 1. The lowest BCUT2D eigenvalue weighted by Gasteiger charge is -2.05. The van der Waals surface area contributed by atoms with E-state index in [1.807, 2.05) is 36.4 Å². The molecular weight excluding hydrogens is 242 g/mol. The predicted octanol–water partition coefficient (Wildman–Crippen LogP) is 2.57. The first kappa shape index (κ1) is 13.6. The minimum Gasteiger partial charge on any atom is -0.462 e. The van der Waals surface area contributed by atoms with Crippen molar-refractivity contribution >= 4 is 5.69 Å². The second kappa shape index (κ2) is 6.97. The fourth-order valence-electron chi connectivity index (χ4n) is 1.84. The number of nitrogens with one attached hydrogen (secondary N) is 1. The molecule has 0 radical (unpaired) electrons. The van der Waals surface area contributed by atoms with Crippen LogP contribution in [0.1, 0.15) is 17.1 Å². The molecule has 0 aliphatic heterocycles. The van der Waals surface area contributed by atoms with Crippen molar-refractivity contribution in [1.29, 1.82) is 0 Å². The van der Waals surface area contributed by atoms with E-state index in [4.69, 9.17) is 14.3 Å². The molecule has 1 aromatic heterocycles. The van der Waals surface area contributed by atoms with E-state index in [9.17, 15) is 0 Å². The number of hydrogen-bond acceptors (Lipinski definition) is 4. The Morgan fingerprint density at radius 3 is 2.53 bits per heavy atom. The van der Waals surface area contributed by atoms with Crippen molar-refractivity contribution < 1.29 is 14.3 Å². The lowest BCUT2D eigenvalue weighted by Crippen LogP contribution is -1.98. The van der Waals surface area contributed by atoms with Crippen LogP contribution < -0.4 is 5.32 Å². The Morgan fingerprint density at radius 1 is 1.11 bits per heavy atom. The van der Waals surface area contributed by atoms with Gasteiger partial charge in [0.1, 0.15) is 18.1 Å². The third-order valence-electron chi connectivity index (χ3n) is 2.83. The van der Waals surface area contributed by atoms with Crippen LogP contribution in [0, 0.1) is 0 Å². The van der Waals surface area contributed by atoms with Gasteiger partial charge in [-0.05, 0) is 36.2 Å². The zero-order chi connectivity index (χ0) is 13.5. The standard InChI is InChI=1S/C15H19NO3/c1-18-11-15-7-6-14(19-15)10-16-13-4-2-12(3-5-13)8-9-17/h2-7,16-17H,8-11H2,1H3. The molecule has 102 valence electrons. The van der Waals surface area contributed by atoms with Gasteiger partial charge in [-0.15, -0.1) is 0 Å². The van der Waals surface area contributed by atoms with Gasteiger partial charge >= 0.3 is 0 Å². The molecule has 2 N–H and O–H groups in total. The summed E-state index contributed by atoms with van der Waals surface area (Å²) in [4.78, 5) is 0. The van der Waals surface area contributed by atoms with Crippen molar-refractivity contribution in [3.05, 3.63) is 53.5 Å². The summed E-state index contributed by atoms with van der Waals surface area (Å²) in [5.74, 6) is 1.71. The van der Waals surface area contributed by atoms with Crippen LogP contribution in [0.15, 0.2) is 40.8 Å². The molecule has 0 aliphatic carbocycles. The number of hydrogen-bond donors (Lipinski definition) is 2. The number of furan rings is 1. The molecule has 2 aromatic rings. The van der Waals surface area contributed by atoms with Gasteiger partial charge in [0.25, 0.3) is 0 Å².